The highest BCUT2D eigenvalue weighted by Crippen LogP contribution is 2.01. The molecule has 3 nitrogen and oxygen atoms in total. The van der Waals surface area contributed by atoms with Gasteiger partial charge in [-0.25, -0.2) is 0 Å². The highest BCUT2D eigenvalue weighted by atomic mass is 16.2. The summed E-state index contributed by atoms with van der Waals surface area (Å²) in [5.41, 5.74) is 0. The molecule has 0 aliphatic carbocycles. The molecule has 11 heavy (non-hydrogen) atoms. The van der Waals surface area contributed by atoms with Gasteiger partial charge in [0, 0.05) is 19.6 Å². The number of nitrogens with one attached hydrogen (secondary N) is 2. The second kappa shape index (κ2) is 4.34. The van der Waals surface area contributed by atoms with Gasteiger partial charge in [0.05, 0.1) is 5.92 Å². The van der Waals surface area contributed by atoms with Crippen LogP contribution in [-0.2, 0) is 4.79 Å². The van der Waals surface area contributed by atoms with Crippen molar-refractivity contribution in [1.29, 1.82) is 0 Å². The van der Waals surface area contributed by atoms with Gasteiger partial charge >= 0.3 is 0 Å². The Hall–Kier alpha value is -0.570. The largest absolute Gasteiger partial charge is 0.356 e. The predicted octanol–water partition coefficient (Wildman–Crippen LogP) is 0.122. The van der Waals surface area contributed by atoms with Gasteiger partial charge in [-0.3, -0.25) is 4.79 Å². The van der Waals surface area contributed by atoms with Gasteiger partial charge in [-0.1, -0.05) is 13.3 Å². The Bertz CT molecular complexity index is 132. The molecule has 0 spiro atoms. The molecule has 0 saturated carbocycles. The highest BCUT2D eigenvalue weighted by molar-refractivity contribution is 5.79. The van der Waals surface area contributed by atoms with Gasteiger partial charge < -0.3 is 10.6 Å². The number of rotatable bonds is 4. The van der Waals surface area contributed by atoms with Gasteiger partial charge in [0.15, 0.2) is 0 Å². The molecule has 2 N–H and O–H groups in total. The number of unbranched alkanes of at least 4 members (excludes halogenated alkanes) is 1. The maximum atomic E-state index is 11.1. The van der Waals surface area contributed by atoms with Gasteiger partial charge in [0.2, 0.25) is 5.91 Å². The molecule has 64 valence electrons. The zero-order chi connectivity index (χ0) is 8.10. The number of hydrogen-bond donors (Lipinski definition) is 2. The zero-order valence-corrected chi connectivity index (χ0v) is 7.02. The molecular weight excluding hydrogens is 140 g/mol. The Morgan fingerprint density at radius 3 is 2.82 bits per heavy atom. The van der Waals surface area contributed by atoms with Crippen LogP contribution in [0.25, 0.3) is 0 Å². The van der Waals surface area contributed by atoms with E-state index in [1.807, 2.05) is 0 Å². The van der Waals surface area contributed by atoms with Gasteiger partial charge in [-0.2, -0.15) is 0 Å². The van der Waals surface area contributed by atoms with Crippen LogP contribution in [0.1, 0.15) is 19.8 Å². The molecule has 1 heterocycles. The predicted molar refractivity (Wildman–Crippen MR) is 44.3 cm³/mol. The van der Waals surface area contributed by atoms with E-state index in [1.165, 1.54) is 0 Å². The van der Waals surface area contributed by atoms with Crippen LogP contribution in [0.2, 0.25) is 0 Å². The van der Waals surface area contributed by atoms with E-state index in [0.29, 0.717) is 0 Å². The molecule has 1 fully saturated rings. The molecule has 1 amide bonds. The normalized spacial score (nSPS) is 17.5. The van der Waals surface area contributed by atoms with Crippen molar-refractivity contribution in [2.24, 2.45) is 5.92 Å². The first-order valence-corrected chi connectivity index (χ1v) is 4.33. The van der Waals surface area contributed by atoms with Crippen LogP contribution < -0.4 is 10.6 Å². The molecule has 3 heteroatoms. The summed E-state index contributed by atoms with van der Waals surface area (Å²) in [6.45, 7) is 4.68. The summed E-state index contributed by atoms with van der Waals surface area (Å²) in [4.78, 5) is 11.1. The first-order valence-electron chi connectivity index (χ1n) is 4.33. The van der Waals surface area contributed by atoms with E-state index in [9.17, 15) is 4.79 Å². The molecule has 1 aliphatic heterocycles. The van der Waals surface area contributed by atoms with Crippen molar-refractivity contribution < 1.29 is 4.79 Å². The quantitative estimate of drug-likeness (QED) is 0.568. The minimum absolute atomic E-state index is 0.220. The van der Waals surface area contributed by atoms with Gasteiger partial charge in [-0.15, -0.1) is 0 Å². The highest BCUT2D eigenvalue weighted by Gasteiger charge is 2.23. The van der Waals surface area contributed by atoms with Crippen LogP contribution >= 0.6 is 0 Å². The number of carbonyl (C=O) groups is 1. The van der Waals surface area contributed by atoms with E-state index in [2.05, 4.69) is 17.6 Å². The van der Waals surface area contributed by atoms with E-state index in [4.69, 9.17) is 0 Å². The lowest BCUT2D eigenvalue weighted by Gasteiger charge is -2.25. The molecule has 0 atom stereocenters. The van der Waals surface area contributed by atoms with Crippen LogP contribution in [0.4, 0.5) is 0 Å². The first-order chi connectivity index (χ1) is 5.34. The minimum atomic E-state index is 0.220. The smallest absolute Gasteiger partial charge is 0.225 e. The summed E-state index contributed by atoms with van der Waals surface area (Å²) in [6, 6.07) is 0. The van der Waals surface area contributed by atoms with Crippen molar-refractivity contribution in [3.8, 4) is 0 Å². The fourth-order valence-corrected chi connectivity index (χ4v) is 1.01. The lowest BCUT2D eigenvalue weighted by atomic mass is 10.0. The zero-order valence-electron chi connectivity index (χ0n) is 7.02. The molecule has 1 rings (SSSR count). The van der Waals surface area contributed by atoms with E-state index >= 15 is 0 Å². The topological polar surface area (TPSA) is 41.1 Å². The monoisotopic (exact) mass is 156 g/mol. The van der Waals surface area contributed by atoms with Crippen LogP contribution in [0, 0.1) is 5.92 Å². The molecule has 0 aromatic rings. The third-order valence-electron chi connectivity index (χ3n) is 1.98. The average Bonchev–Trinajstić information content (AvgIpc) is 1.84. The van der Waals surface area contributed by atoms with Crippen LogP contribution in [0.5, 0.6) is 0 Å². The van der Waals surface area contributed by atoms with Crippen molar-refractivity contribution in [3.63, 3.8) is 0 Å². The third kappa shape index (κ3) is 2.50. The number of hydrogen-bond acceptors (Lipinski definition) is 2. The Kier molecular flexibility index (Phi) is 3.36. The summed E-state index contributed by atoms with van der Waals surface area (Å²) < 4.78 is 0. The molecular formula is C8H16N2O. The van der Waals surface area contributed by atoms with Crippen molar-refractivity contribution in [2.75, 3.05) is 19.6 Å². The second-order valence-corrected chi connectivity index (χ2v) is 3.00. The molecule has 1 saturated heterocycles. The van der Waals surface area contributed by atoms with E-state index in [-0.39, 0.29) is 11.8 Å². The van der Waals surface area contributed by atoms with Gasteiger partial charge in [-0.05, 0) is 6.42 Å². The molecule has 0 unspecified atom stereocenters. The van der Waals surface area contributed by atoms with Crippen molar-refractivity contribution in [2.45, 2.75) is 19.8 Å². The molecule has 0 aromatic carbocycles. The maximum Gasteiger partial charge on any atom is 0.225 e. The third-order valence-corrected chi connectivity index (χ3v) is 1.98. The minimum Gasteiger partial charge on any atom is -0.356 e. The standard InChI is InChI=1S/C8H16N2O/c1-2-3-4-10-8(11)7-5-9-6-7/h7,9H,2-6H2,1H3,(H,10,11). The van der Waals surface area contributed by atoms with Gasteiger partial charge in [0.25, 0.3) is 0 Å². The Balaban J connectivity index is 2.01. The maximum absolute atomic E-state index is 11.1. The Morgan fingerprint density at radius 1 is 1.64 bits per heavy atom. The molecule has 0 bridgehead atoms. The van der Waals surface area contributed by atoms with Crippen molar-refractivity contribution in [1.82, 2.24) is 10.6 Å². The van der Waals surface area contributed by atoms with Crippen molar-refractivity contribution >= 4 is 5.91 Å². The fourth-order valence-electron chi connectivity index (χ4n) is 1.01. The van der Waals surface area contributed by atoms with Crippen molar-refractivity contribution in [3.05, 3.63) is 0 Å². The van der Waals surface area contributed by atoms with E-state index in [1.54, 1.807) is 0 Å². The van der Waals surface area contributed by atoms with Gasteiger partial charge in [0.1, 0.15) is 0 Å². The summed E-state index contributed by atoms with van der Waals surface area (Å²) in [6.07, 6.45) is 2.23. The molecule has 1 aliphatic rings. The summed E-state index contributed by atoms with van der Waals surface area (Å²) >= 11 is 0. The Morgan fingerprint density at radius 2 is 2.36 bits per heavy atom. The Labute approximate surface area is 67.5 Å². The fraction of sp³-hybridized carbons (Fsp3) is 0.875. The summed E-state index contributed by atoms with van der Waals surface area (Å²) in [7, 11) is 0. The summed E-state index contributed by atoms with van der Waals surface area (Å²) in [5, 5.41) is 5.98. The van der Waals surface area contributed by atoms with Crippen LogP contribution in [0.3, 0.4) is 0 Å². The SMILES string of the molecule is CCCCNC(=O)C1CNC1. The van der Waals surface area contributed by atoms with E-state index < -0.39 is 0 Å². The lowest BCUT2D eigenvalue weighted by Crippen LogP contribution is -2.50. The molecule has 0 aromatic heterocycles. The molecule has 0 radical (unpaired) electrons. The average molecular weight is 156 g/mol. The second-order valence-electron chi connectivity index (χ2n) is 3.00. The number of carbonyl (C=O) groups excluding carboxylic acids is 1. The van der Waals surface area contributed by atoms with Crippen LogP contribution in [0.15, 0.2) is 0 Å². The van der Waals surface area contributed by atoms with Crippen LogP contribution in [-0.4, -0.2) is 25.5 Å². The lowest BCUT2D eigenvalue weighted by molar-refractivity contribution is -0.126. The number of amides is 1. The first kappa shape index (κ1) is 8.53. The van der Waals surface area contributed by atoms with E-state index in [0.717, 1.165) is 32.5 Å². The summed E-state index contributed by atoms with van der Waals surface area (Å²) in [5.74, 6) is 0.462.